The molecule has 0 saturated carbocycles. The zero-order valence-corrected chi connectivity index (χ0v) is 5.94. The van der Waals surface area contributed by atoms with E-state index in [1.807, 2.05) is 0 Å². The van der Waals surface area contributed by atoms with Crippen molar-refractivity contribution in [2.45, 2.75) is 9.96 Å². The molecular weight excluding hydrogens is 180 g/mol. The van der Waals surface area contributed by atoms with Crippen molar-refractivity contribution in [2.24, 2.45) is 0 Å². The Labute approximate surface area is 60.7 Å². The van der Waals surface area contributed by atoms with Gasteiger partial charge >= 0.3 is 0 Å². The predicted octanol–water partition coefficient (Wildman–Crippen LogP) is 2.66. The van der Waals surface area contributed by atoms with Crippen LogP contribution in [-0.2, 0) is 0 Å². The van der Waals surface area contributed by atoms with Crippen LogP contribution in [0.25, 0.3) is 0 Å². The van der Waals surface area contributed by atoms with Crippen LogP contribution in [0.15, 0.2) is 0 Å². The molecule has 1 atom stereocenters. The van der Waals surface area contributed by atoms with E-state index in [1.165, 1.54) is 0 Å². The summed E-state index contributed by atoms with van der Waals surface area (Å²) in [4.78, 5) is 0. The highest BCUT2D eigenvalue weighted by Gasteiger charge is 2.32. The summed E-state index contributed by atoms with van der Waals surface area (Å²) in [6, 6.07) is 0. The molecule has 0 fully saturated rings. The topological polar surface area (TPSA) is 0 Å². The number of hydrogen-bond donors (Lipinski definition) is 0. The molecule has 0 saturated heterocycles. The van der Waals surface area contributed by atoms with Crippen LogP contribution in [0.3, 0.4) is 0 Å². The summed E-state index contributed by atoms with van der Waals surface area (Å²) in [5.41, 5.74) is 0. The average molecular weight is 183 g/mol. The molecule has 0 aliphatic rings. The fourth-order valence-electron chi connectivity index (χ4n) is 0.0875. The van der Waals surface area contributed by atoms with E-state index in [0.717, 1.165) is 0 Å². The van der Waals surface area contributed by atoms with Crippen LogP contribution in [0.1, 0.15) is 0 Å². The van der Waals surface area contributed by atoms with Gasteiger partial charge in [-0.2, -0.15) is 0 Å². The van der Waals surface area contributed by atoms with E-state index in [0.29, 0.717) is 0 Å². The summed E-state index contributed by atoms with van der Waals surface area (Å²) < 4.78 is 20.6. The van der Waals surface area contributed by atoms with Crippen molar-refractivity contribution in [3.63, 3.8) is 0 Å². The van der Waals surface area contributed by atoms with Gasteiger partial charge in [-0.05, 0) is 0 Å². The summed E-state index contributed by atoms with van der Waals surface area (Å²) in [5.74, 6) is 0. The first-order valence-corrected chi connectivity index (χ1v) is 2.94. The molecule has 0 heterocycles. The molecule has 0 aromatic rings. The summed E-state index contributed by atoms with van der Waals surface area (Å²) in [7, 11) is 0. The van der Waals surface area contributed by atoms with Gasteiger partial charge in [0.25, 0.3) is 4.59 Å². The Balaban J connectivity index is 3.62. The summed E-state index contributed by atoms with van der Waals surface area (Å²) >= 11 is 14.3. The van der Waals surface area contributed by atoms with Crippen LogP contribution in [0.5, 0.6) is 0 Å². The molecule has 50 valence electrons. The normalized spacial score (nSPS) is 16.1. The van der Waals surface area contributed by atoms with Crippen LogP contribution in [0, 0.1) is 0 Å². The number of hydrogen-bond acceptors (Lipinski definition) is 0. The molecule has 0 aliphatic heterocycles. The lowest BCUT2D eigenvalue weighted by atomic mass is 10.5. The van der Waals surface area contributed by atoms with Gasteiger partial charge in [-0.25, -0.2) is 8.78 Å². The predicted molar refractivity (Wildman–Crippen MR) is 31.2 cm³/mol. The van der Waals surface area contributed by atoms with Crippen molar-refractivity contribution in [2.75, 3.05) is 6.67 Å². The van der Waals surface area contributed by atoms with Crippen molar-refractivity contribution in [3.05, 3.63) is 0 Å². The van der Waals surface area contributed by atoms with E-state index in [-0.39, 0.29) is 0 Å². The first kappa shape index (κ1) is 8.73. The standard InChI is InChI=1S/C3H3Cl3F2/c4-2(1-7)3(5,6)8/h2H,1H2. The minimum Gasteiger partial charge on any atom is -0.249 e. The Kier molecular flexibility index (Phi) is 3.32. The van der Waals surface area contributed by atoms with Gasteiger partial charge in [0.1, 0.15) is 12.1 Å². The Morgan fingerprint density at radius 2 is 1.88 bits per heavy atom. The molecule has 0 rings (SSSR count). The largest absolute Gasteiger partial charge is 0.276 e. The highest BCUT2D eigenvalue weighted by Crippen LogP contribution is 2.30. The third-order valence-corrected chi connectivity index (χ3v) is 1.66. The van der Waals surface area contributed by atoms with Crippen molar-refractivity contribution in [1.82, 2.24) is 0 Å². The minimum absolute atomic E-state index is 1.08. The maximum atomic E-state index is 11.9. The van der Waals surface area contributed by atoms with Crippen molar-refractivity contribution in [1.29, 1.82) is 0 Å². The molecule has 0 bridgehead atoms. The van der Waals surface area contributed by atoms with Gasteiger partial charge in [-0.1, -0.05) is 23.2 Å². The van der Waals surface area contributed by atoms with Crippen LogP contribution in [-0.4, -0.2) is 16.6 Å². The fraction of sp³-hybridized carbons (Fsp3) is 1.00. The molecule has 0 N–H and O–H groups in total. The van der Waals surface area contributed by atoms with Gasteiger partial charge in [0, 0.05) is 0 Å². The van der Waals surface area contributed by atoms with Crippen LogP contribution < -0.4 is 0 Å². The second-order valence-electron chi connectivity index (χ2n) is 1.16. The first-order chi connectivity index (χ1) is 3.48. The molecule has 0 aromatic heterocycles. The molecule has 0 aliphatic carbocycles. The Bertz CT molecular complexity index is 69.4. The van der Waals surface area contributed by atoms with Crippen LogP contribution in [0.2, 0.25) is 0 Å². The van der Waals surface area contributed by atoms with E-state index in [2.05, 4.69) is 0 Å². The Morgan fingerprint density at radius 1 is 1.50 bits per heavy atom. The van der Waals surface area contributed by atoms with E-state index < -0.39 is 16.6 Å². The Hall–Kier alpha value is 0.730. The zero-order chi connectivity index (χ0) is 6.78. The van der Waals surface area contributed by atoms with Gasteiger partial charge in [0.15, 0.2) is 0 Å². The Morgan fingerprint density at radius 3 is 1.88 bits per heavy atom. The van der Waals surface area contributed by atoms with Crippen molar-refractivity contribution >= 4 is 34.8 Å². The van der Waals surface area contributed by atoms with Gasteiger partial charge in [0.2, 0.25) is 0 Å². The highest BCUT2D eigenvalue weighted by molar-refractivity contribution is 6.51. The molecule has 0 amide bonds. The molecule has 0 spiro atoms. The molecule has 0 radical (unpaired) electrons. The molecule has 8 heavy (non-hydrogen) atoms. The van der Waals surface area contributed by atoms with Crippen molar-refractivity contribution < 1.29 is 8.78 Å². The summed E-state index contributed by atoms with van der Waals surface area (Å²) in [5, 5.41) is -1.48. The lowest BCUT2D eigenvalue weighted by molar-refractivity contribution is 0.333. The molecular formula is C3H3Cl3F2. The van der Waals surface area contributed by atoms with E-state index in [4.69, 9.17) is 34.8 Å². The third kappa shape index (κ3) is 2.90. The fourth-order valence-corrected chi connectivity index (χ4v) is 0.204. The lowest BCUT2D eigenvalue weighted by Gasteiger charge is -2.11. The number of halogens is 5. The molecule has 0 nitrogen and oxygen atoms in total. The quantitative estimate of drug-likeness (QED) is 0.578. The summed E-state index contributed by atoms with van der Waals surface area (Å²) in [6.07, 6.45) is 0. The van der Waals surface area contributed by atoms with Gasteiger partial charge in [-0.15, -0.1) is 11.6 Å². The lowest BCUT2D eigenvalue weighted by Crippen LogP contribution is -2.22. The number of alkyl halides is 5. The average Bonchev–Trinajstić information content (AvgIpc) is 1.62. The number of rotatable bonds is 2. The van der Waals surface area contributed by atoms with E-state index in [1.54, 1.807) is 0 Å². The monoisotopic (exact) mass is 182 g/mol. The highest BCUT2D eigenvalue weighted by atomic mass is 35.5. The summed E-state index contributed by atoms with van der Waals surface area (Å²) in [6.45, 7) is -1.08. The molecule has 5 heteroatoms. The second-order valence-corrected chi connectivity index (χ2v) is 2.98. The smallest absolute Gasteiger partial charge is 0.249 e. The minimum atomic E-state index is -2.66. The van der Waals surface area contributed by atoms with E-state index in [9.17, 15) is 8.78 Å². The van der Waals surface area contributed by atoms with Crippen molar-refractivity contribution in [3.8, 4) is 0 Å². The first-order valence-electron chi connectivity index (χ1n) is 1.75. The van der Waals surface area contributed by atoms with Gasteiger partial charge in [0.05, 0.1) is 0 Å². The van der Waals surface area contributed by atoms with E-state index >= 15 is 0 Å². The van der Waals surface area contributed by atoms with Gasteiger partial charge < -0.3 is 0 Å². The van der Waals surface area contributed by atoms with Crippen LogP contribution in [0.4, 0.5) is 8.78 Å². The molecule has 1 unspecified atom stereocenters. The second kappa shape index (κ2) is 3.04. The SMILES string of the molecule is FCC(Cl)C(F)(Cl)Cl. The van der Waals surface area contributed by atoms with Crippen LogP contribution >= 0.6 is 34.8 Å². The maximum absolute atomic E-state index is 11.9. The van der Waals surface area contributed by atoms with Gasteiger partial charge in [-0.3, -0.25) is 0 Å². The molecule has 0 aromatic carbocycles. The third-order valence-electron chi connectivity index (χ3n) is 0.491. The zero-order valence-electron chi connectivity index (χ0n) is 3.67. The maximum Gasteiger partial charge on any atom is 0.276 e.